The maximum Gasteiger partial charge on any atom is 0.310 e. The number of ether oxygens (including phenoxy) is 1. The fourth-order valence-electron chi connectivity index (χ4n) is 2.95. The van der Waals surface area contributed by atoms with Crippen LogP contribution in [-0.4, -0.2) is 30.5 Å². The van der Waals surface area contributed by atoms with Gasteiger partial charge < -0.3 is 15.8 Å². The predicted molar refractivity (Wildman–Crippen MR) is 81.9 cm³/mol. The van der Waals surface area contributed by atoms with Gasteiger partial charge >= 0.3 is 5.69 Å². The summed E-state index contributed by atoms with van der Waals surface area (Å²) in [5.41, 5.74) is 5.94. The van der Waals surface area contributed by atoms with Crippen LogP contribution in [0.2, 0.25) is 0 Å². The molecule has 0 aliphatic heterocycles. The summed E-state index contributed by atoms with van der Waals surface area (Å²) in [6.45, 7) is 0.389. The van der Waals surface area contributed by atoms with Crippen LogP contribution in [0.15, 0.2) is 18.2 Å². The minimum Gasteiger partial charge on any atom is -0.490 e. The normalized spacial score (nSPS) is 16.3. The van der Waals surface area contributed by atoms with E-state index in [1.807, 2.05) is 0 Å². The van der Waals surface area contributed by atoms with Crippen molar-refractivity contribution in [2.24, 2.45) is 11.7 Å². The zero-order chi connectivity index (χ0) is 16.1. The molecule has 7 nitrogen and oxygen atoms in total. The van der Waals surface area contributed by atoms with Crippen molar-refractivity contribution in [1.82, 2.24) is 5.32 Å². The van der Waals surface area contributed by atoms with Crippen molar-refractivity contribution in [3.05, 3.63) is 33.9 Å². The molecule has 0 aromatic heterocycles. The van der Waals surface area contributed by atoms with E-state index in [0.717, 1.165) is 12.8 Å². The number of nitro benzene ring substituents is 1. The molecule has 1 fully saturated rings. The van der Waals surface area contributed by atoms with Crippen LogP contribution in [-0.2, 0) is 0 Å². The summed E-state index contributed by atoms with van der Waals surface area (Å²) in [5, 5.41) is 13.8. The Hall–Kier alpha value is -2.15. The maximum absolute atomic E-state index is 12.3. The van der Waals surface area contributed by atoms with Crippen LogP contribution >= 0.6 is 0 Å². The Labute approximate surface area is 129 Å². The lowest BCUT2D eigenvalue weighted by atomic mass is 9.98. The molecule has 120 valence electrons. The highest BCUT2D eigenvalue weighted by molar-refractivity contribution is 5.95. The van der Waals surface area contributed by atoms with E-state index < -0.39 is 4.92 Å². The summed E-state index contributed by atoms with van der Waals surface area (Å²) in [5.74, 6) is 0.201. The molecule has 1 aliphatic rings. The molecule has 0 heterocycles. The van der Waals surface area contributed by atoms with Crippen LogP contribution in [0.1, 0.15) is 36.0 Å². The summed E-state index contributed by atoms with van der Waals surface area (Å²) < 4.78 is 4.98. The quantitative estimate of drug-likeness (QED) is 0.616. The van der Waals surface area contributed by atoms with Gasteiger partial charge in [0.1, 0.15) is 0 Å². The lowest BCUT2D eigenvalue weighted by molar-refractivity contribution is -0.385. The van der Waals surface area contributed by atoms with Gasteiger partial charge in [-0.2, -0.15) is 0 Å². The van der Waals surface area contributed by atoms with E-state index in [-0.39, 0.29) is 23.4 Å². The van der Waals surface area contributed by atoms with Crippen molar-refractivity contribution < 1.29 is 14.5 Å². The lowest BCUT2D eigenvalue weighted by Crippen LogP contribution is -2.44. The fourth-order valence-corrected chi connectivity index (χ4v) is 2.95. The monoisotopic (exact) mass is 307 g/mol. The third-order valence-electron chi connectivity index (χ3n) is 4.18. The minimum atomic E-state index is -0.540. The number of hydrogen-bond donors (Lipinski definition) is 2. The molecule has 3 N–H and O–H groups in total. The Morgan fingerprint density at radius 2 is 2.18 bits per heavy atom. The number of nitrogens with zero attached hydrogens (tertiary/aromatic N) is 1. The van der Waals surface area contributed by atoms with Crippen LogP contribution < -0.4 is 15.8 Å². The highest BCUT2D eigenvalue weighted by Crippen LogP contribution is 2.29. The average Bonchev–Trinajstić information content (AvgIpc) is 3.05. The Morgan fingerprint density at radius 1 is 1.50 bits per heavy atom. The first-order valence-corrected chi connectivity index (χ1v) is 7.40. The second-order valence-electron chi connectivity index (χ2n) is 5.50. The first-order valence-electron chi connectivity index (χ1n) is 7.40. The summed E-state index contributed by atoms with van der Waals surface area (Å²) >= 11 is 0. The first-order chi connectivity index (χ1) is 10.6. The summed E-state index contributed by atoms with van der Waals surface area (Å²) in [6.07, 6.45) is 4.49. The first kappa shape index (κ1) is 16.2. The number of nitro groups is 1. The van der Waals surface area contributed by atoms with E-state index in [2.05, 4.69) is 5.32 Å². The molecule has 0 spiro atoms. The molecule has 1 aliphatic carbocycles. The van der Waals surface area contributed by atoms with Crippen LogP contribution in [0, 0.1) is 16.0 Å². The Bertz CT molecular complexity index is 556. The maximum atomic E-state index is 12.3. The Morgan fingerprint density at radius 3 is 2.73 bits per heavy atom. The van der Waals surface area contributed by atoms with Gasteiger partial charge in [-0.3, -0.25) is 14.9 Å². The van der Waals surface area contributed by atoms with Gasteiger partial charge in [0.05, 0.1) is 12.0 Å². The standard InChI is InChI=1S/C15H21N3O4/c1-22-14-8-11(6-7-13(14)18(20)21)15(19)17-12(9-16)10-4-2-3-5-10/h6-8,10,12H,2-5,9,16H2,1H3,(H,17,19). The van der Waals surface area contributed by atoms with E-state index in [1.54, 1.807) is 0 Å². The van der Waals surface area contributed by atoms with Crippen molar-refractivity contribution >= 4 is 11.6 Å². The molecule has 1 saturated carbocycles. The van der Waals surface area contributed by atoms with E-state index >= 15 is 0 Å². The second-order valence-corrected chi connectivity index (χ2v) is 5.50. The SMILES string of the molecule is COc1cc(C(=O)NC(CN)C2CCCC2)ccc1[N+](=O)[O-]. The lowest BCUT2D eigenvalue weighted by Gasteiger charge is -2.23. The molecule has 0 radical (unpaired) electrons. The number of carbonyl (C=O) groups is 1. The predicted octanol–water partition coefficient (Wildman–Crippen LogP) is 1.85. The van der Waals surface area contributed by atoms with Crippen molar-refractivity contribution in [2.45, 2.75) is 31.7 Å². The minimum absolute atomic E-state index is 0.0591. The van der Waals surface area contributed by atoms with Gasteiger partial charge in [0, 0.05) is 30.3 Å². The topological polar surface area (TPSA) is 107 Å². The van der Waals surface area contributed by atoms with Gasteiger partial charge in [0.15, 0.2) is 5.75 Å². The molecule has 2 rings (SSSR count). The summed E-state index contributed by atoms with van der Waals surface area (Å²) in [4.78, 5) is 22.7. The fraction of sp³-hybridized carbons (Fsp3) is 0.533. The number of nitrogens with two attached hydrogens (primary N) is 1. The number of hydrogen-bond acceptors (Lipinski definition) is 5. The molecule has 7 heteroatoms. The molecule has 22 heavy (non-hydrogen) atoms. The zero-order valence-corrected chi connectivity index (χ0v) is 12.6. The van der Waals surface area contributed by atoms with Gasteiger partial charge in [0.25, 0.3) is 5.91 Å². The van der Waals surface area contributed by atoms with E-state index in [9.17, 15) is 14.9 Å². The highest BCUT2D eigenvalue weighted by atomic mass is 16.6. The zero-order valence-electron chi connectivity index (χ0n) is 12.6. The van der Waals surface area contributed by atoms with Crippen LogP contribution in [0.3, 0.4) is 0 Å². The largest absolute Gasteiger partial charge is 0.490 e. The third kappa shape index (κ3) is 3.54. The highest BCUT2D eigenvalue weighted by Gasteiger charge is 2.26. The molecule has 0 bridgehead atoms. The van der Waals surface area contributed by atoms with Crippen LogP contribution in [0.5, 0.6) is 5.75 Å². The average molecular weight is 307 g/mol. The van der Waals surface area contributed by atoms with Gasteiger partial charge in [0.2, 0.25) is 0 Å². The van der Waals surface area contributed by atoms with E-state index in [1.165, 1.54) is 38.2 Å². The van der Waals surface area contributed by atoms with Crippen molar-refractivity contribution in [3.8, 4) is 5.75 Å². The Kier molecular flexibility index (Phi) is 5.32. The van der Waals surface area contributed by atoms with Crippen LogP contribution in [0.25, 0.3) is 0 Å². The molecule has 0 saturated heterocycles. The third-order valence-corrected chi connectivity index (χ3v) is 4.18. The van der Waals surface area contributed by atoms with Gasteiger partial charge in [-0.15, -0.1) is 0 Å². The molecule has 1 amide bonds. The number of nitrogens with one attached hydrogen (secondary N) is 1. The van der Waals surface area contributed by atoms with Gasteiger partial charge in [-0.05, 0) is 24.8 Å². The number of benzene rings is 1. The number of methoxy groups -OCH3 is 1. The van der Waals surface area contributed by atoms with E-state index in [4.69, 9.17) is 10.5 Å². The van der Waals surface area contributed by atoms with Crippen LogP contribution in [0.4, 0.5) is 5.69 Å². The molecule has 1 aromatic carbocycles. The molecule has 1 aromatic rings. The second kappa shape index (κ2) is 7.22. The van der Waals surface area contributed by atoms with Crippen molar-refractivity contribution in [1.29, 1.82) is 0 Å². The van der Waals surface area contributed by atoms with Gasteiger partial charge in [-0.25, -0.2) is 0 Å². The molecule has 1 atom stereocenters. The number of carbonyl (C=O) groups excluding carboxylic acids is 1. The molecular weight excluding hydrogens is 286 g/mol. The molecule has 1 unspecified atom stereocenters. The van der Waals surface area contributed by atoms with E-state index in [0.29, 0.717) is 18.0 Å². The molecular formula is C15H21N3O4. The number of amides is 1. The van der Waals surface area contributed by atoms with Gasteiger partial charge in [-0.1, -0.05) is 12.8 Å². The Balaban J connectivity index is 2.13. The summed E-state index contributed by atoms with van der Waals surface area (Å²) in [7, 11) is 1.34. The van der Waals surface area contributed by atoms with Crippen molar-refractivity contribution in [3.63, 3.8) is 0 Å². The smallest absolute Gasteiger partial charge is 0.310 e. The van der Waals surface area contributed by atoms with Crippen molar-refractivity contribution in [2.75, 3.05) is 13.7 Å². The number of rotatable bonds is 6. The summed E-state index contributed by atoms with van der Waals surface area (Å²) in [6, 6.07) is 4.03.